The minimum atomic E-state index is -1.00. The van der Waals surface area contributed by atoms with E-state index in [-0.39, 0.29) is 25.2 Å². The largest absolute Gasteiger partial charge is 0.461 e. The molecule has 0 unspecified atom stereocenters. The summed E-state index contributed by atoms with van der Waals surface area (Å²) in [5, 5.41) is 0. The van der Waals surface area contributed by atoms with Crippen LogP contribution >= 0.6 is 0 Å². The molecule has 1 aliphatic rings. The molecule has 1 heterocycles. The SMILES string of the molecule is COC(=O)C(=O)OCC1CCN(C(=O)OCc2ccccc2)CC1. The molecule has 0 aliphatic carbocycles. The third-order valence-electron chi connectivity index (χ3n) is 3.88. The number of amides is 1. The van der Waals surface area contributed by atoms with Crippen molar-refractivity contribution in [3.05, 3.63) is 35.9 Å². The summed E-state index contributed by atoms with van der Waals surface area (Å²) in [7, 11) is 1.13. The molecule has 0 N–H and O–H groups in total. The standard InChI is InChI=1S/C17H21NO6/c1-22-15(19)16(20)23-11-14-7-9-18(10-8-14)17(21)24-12-13-5-3-2-4-6-13/h2-6,14H,7-12H2,1H3. The van der Waals surface area contributed by atoms with Gasteiger partial charge in [0.2, 0.25) is 0 Å². The molecule has 0 spiro atoms. The lowest BCUT2D eigenvalue weighted by Crippen LogP contribution is -2.40. The summed E-state index contributed by atoms with van der Waals surface area (Å²) in [4.78, 5) is 35.8. The third kappa shape index (κ3) is 5.26. The molecule has 130 valence electrons. The molecule has 7 nitrogen and oxygen atoms in total. The average molecular weight is 335 g/mol. The first kappa shape index (κ1) is 17.8. The number of likely N-dealkylation sites (tertiary alicyclic amines) is 1. The third-order valence-corrected chi connectivity index (χ3v) is 3.88. The molecule has 1 fully saturated rings. The number of carbonyl (C=O) groups excluding carboxylic acids is 3. The van der Waals surface area contributed by atoms with Gasteiger partial charge in [0, 0.05) is 13.1 Å². The predicted octanol–water partition coefficient (Wildman–Crippen LogP) is 1.75. The second-order valence-corrected chi connectivity index (χ2v) is 5.56. The molecule has 1 aromatic carbocycles. The Bertz CT molecular complexity index is 566. The van der Waals surface area contributed by atoms with E-state index in [2.05, 4.69) is 4.74 Å². The molecule has 0 radical (unpaired) electrons. The van der Waals surface area contributed by atoms with Crippen LogP contribution in [-0.4, -0.2) is 49.7 Å². The molecule has 2 rings (SSSR count). The molecule has 24 heavy (non-hydrogen) atoms. The van der Waals surface area contributed by atoms with E-state index >= 15 is 0 Å². The van der Waals surface area contributed by atoms with Gasteiger partial charge in [0.15, 0.2) is 0 Å². The Hall–Kier alpha value is -2.57. The molecule has 0 atom stereocenters. The van der Waals surface area contributed by atoms with Crippen molar-refractivity contribution in [3.8, 4) is 0 Å². The topological polar surface area (TPSA) is 82.1 Å². The molecule has 1 amide bonds. The van der Waals surface area contributed by atoms with Crippen molar-refractivity contribution >= 4 is 18.0 Å². The van der Waals surface area contributed by atoms with Crippen LogP contribution in [0, 0.1) is 5.92 Å². The summed E-state index contributed by atoms with van der Waals surface area (Å²) < 4.78 is 14.5. The van der Waals surface area contributed by atoms with Crippen LogP contribution < -0.4 is 0 Å². The number of nitrogens with zero attached hydrogens (tertiary/aromatic N) is 1. The van der Waals surface area contributed by atoms with E-state index in [4.69, 9.17) is 9.47 Å². The second kappa shape index (κ2) is 8.90. The van der Waals surface area contributed by atoms with Gasteiger partial charge in [-0.2, -0.15) is 0 Å². The van der Waals surface area contributed by atoms with Crippen LogP contribution in [0.1, 0.15) is 18.4 Å². The van der Waals surface area contributed by atoms with Gasteiger partial charge < -0.3 is 19.1 Å². The van der Waals surface area contributed by atoms with Crippen LogP contribution in [0.25, 0.3) is 0 Å². The number of carbonyl (C=O) groups is 3. The lowest BCUT2D eigenvalue weighted by molar-refractivity contribution is -0.166. The Kier molecular flexibility index (Phi) is 6.60. The fraction of sp³-hybridized carbons (Fsp3) is 0.471. The predicted molar refractivity (Wildman–Crippen MR) is 83.9 cm³/mol. The normalized spacial score (nSPS) is 14.8. The molecule has 1 aromatic rings. The zero-order chi connectivity index (χ0) is 17.4. The van der Waals surface area contributed by atoms with Crippen molar-refractivity contribution in [3.63, 3.8) is 0 Å². The van der Waals surface area contributed by atoms with Gasteiger partial charge >= 0.3 is 18.0 Å². The molecule has 0 bridgehead atoms. The first-order chi connectivity index (χ1) is 11.6. The van der Waals surface area contributed by atoms with Gasteiger partial charge in [0.25, 0.3) is 0 Å². The van der Waals surface area contributed by atoms with Crippen LogP contribution in [0.3, 0.4) is 0 Å². The number of piperidine rings is 1. The van der Waals surface area contributed by atoms with Crippen molar-refractivity contribution in [2.24, 2.45) is 5.92 Å². The number of hydrogen-bond donors (Lipinski definition) is 0. The van der Waals surface area contributed by atoms with Gasteiger partial charge in [0.05, 0.1) is 13.7 Å². The zero-order valence-electron chi connectivity index (χ0n) is 13.6. The highest BCUT2D eigenvalue weighted by Crippen LogP contribution is 2.18. The smallest absolute Gasteiger partial charge is 0.417 e. The summed E-state index contributed by atoms with van der Waals surface area (Å²) >= 11 is 0. The Morgan fingerprint density at radius 1 is 1.04 bits per heavy atom. The van der Waals surface area contributed by atoms with Gasteiger partial charge in [-0.25, -0.2) is 14.4 Å². The highest BCUT2D eigenvalue weighted by atomic mass is 16.6. The number of ether oxygens (including phenoxy) is 3. The van der Waals surface area contributed by atoms with Crippen LogP contribution in [-0.2, 0) is 30.4 Å². The van der Waals surface area contributed by atoms with E-state index in [1.807, 2.05) is 30.3 Å². The highest BCUT2D eigenvalue weighted by Gasteiger charge is 2.25. The van der Waals surface area contributed by atoms with Crippen LogP contribution in [0.15, 0.2) is 30.3 Å². The maximum absolute atomic E-state index is 12.0. The number of hydrogen-bond acceptors (Lipinski definition) is 6. The molecule has 1 aliphatic heterocycles. The lowest BCUT2D eigenvalue weighted by atomic mass is 9.98. The fourth-order valence-electron chi connectivity index (χ4n) is 2.43. The van der Waals surface area contributed by atoms with Crippen molar-refractivity contribution in [1.82, 2.24) is 4.90 Å². The van der Waals surface area contributed by atoms with Gasteiger partial charge in [0.1, 0.15) is 6.61 Å². The van der Waals surface area contributed by atoms with E-state index in [1.165, 1.54) is 0 Å². The Morgan fingerprint density at radius 2 is 1.71 bits per heavy atom. The van der Waals surface area contributed by atoms with E-state index in [0.29, 0.717) is 25.9 Å². The second-order valence-electron chi connectivity index (χ2n) is 5.56. The van der Waals surface area contributed by atoms with Gasteiger partial charge in [-0.15, -0.1) is 0 Å². The van der Waals surface area contributed by atoms with Gasteiger partial charge in [-0.05, 0) is 24.3 Å². The molecule has 7 heteroatoms. The van der Waals surface area contributed by atoms with Gasteiger partial charge in [-0.3, -0.25) is 0 Å². The molecule has 1 saturated heterocycles. The monoisotopic (exact) mass is 335 g/mol. The van der Waals surface area contributed by atoms with Crippen molar-refractivity contribution in [2.45, 2.75) is 19.4 Å². The van der Waals surface area contributed by atoms with Gasteiger partial charge in [-0.1, -0.05) is 30.3 Å². The van der Waals surface area contributed by atoms with Crippen LogP contribution in [0.4, 0.5) is 4.79 Å². The van der Waals surface area contributed by atoms with Crippen molar-refractivity contribution in [1.29, 1.82) is 0 Å². The summed E-state index contributed by atoms with van der Waals surface area (Å²) in [6.45, 7) is 1.47. The Labute approximate surface area is 140 Å². The first-order valence-electron chi connectivity index (χ1n) is 7.81. The number of benzene rings is 1. The summed E-state index contributed by atoms with van der Waals surface area (Å²) in [6.07, 6.45) is 1.04. The zero-order valence-corrected chi connectivity index (χ0v) is 13.6. The number of esters is 2. The number of methoxy groups -OCH3 is 1. The van der Waals surface area contributed by atoms with Crippen LogP contribution in [0.2, 0.25) is 0 Å². The van der Waals surface area contributed by atoms with Crippen molar-refractivity contribution < 1.29 is 28.6 Å². The average Bonchev–Trinajstić information content (AvgIpc) is 2.64. The lowest BCUT2D eigenvalue weighted by Gasteiger charge is -2.30. The minimum absolute atomic E-state index is 0.122. The molecule has 0 saturated carbocycles. The fourth-order valence-corrected chi connectivity index (χ4v) is 2.43. The van der Waals surface area contributed by atoms with Crippen molar-refractivity contribution in [2.75, 3.05) is 26.8 Å². The highest BCUT2D eigenvalue weighted by molar-refractivity contribution is 6.29. The molecular formula is C17H21NO6. The van der Waals surface area contributed by atoms with E-state index < -0.39 is 11.9 Å². The molecular weight excluding hydrogens is 314 g/mol. The van der Waals surface area contributed by atoms with E-state index in [9.17, 15) is 14.4 Å². The Morgan fingerprint density at radius 3 is 2.33 bits per heavy atom. The van der Waals surface area contributed by atoms with Crippen LogP contribution in [0.5, 0.6) is 0 Å². The quantitative estimate of drug-likeness (QED) is 0.474. The number of rotatable bonds is 4. The Balaban J connectivity index is 1.67. The van der Waals surface area contributed by atoms with E-state index in [1.54, 1.807) is 4.90 Å². The minimum Gasteiger partial charge on any atom is -0.461 e. The maximum Gasteiger partial charge on any atom is 0.417 e. The summed E-state index contributed by atoms with van der Waals surface area (Å²) in [5.74, 6) is -1.86. The first-order valence-corrected chi connectivity index (χ1v) is 7.81. The summed E-state index contributed by atoms with van der Waals surface area (Å²) in [6, 6.07) is 9.49. The molecule has 0 aromatic heterocycles. The van der Waals surface area contributed by atoms with E-state index in [0.717, 1.165) is 12.7 Å². The summed E-state index contributed by atoms with van der Waals surface area (Å²) in [5.41, 5.74) is 0.940. The maximum atomic E-state index is 12.0.